The van der Waals surface area contributed by atoms with Gasteiger partial charge in [0, 0.05) is 25.3 Å². The van der Waals surface area contributed by atoms with Crippen molar-refractivity contribution >= 4 is 11.8 Å². The average Bonchev–Trinajstić information content (AvgIpc) is 2.79. The van der Waals surface area contributed by atoms with Gasteiger partial charge < -0.3 is 15.0 Å². The summed E-state index contributed by atoms with van der Waals surface area (Å²) in [6.45, 7) is 9.03. The van der Waals surface area contributed by atoms with Crippen molar-refractivity contribution in [3.05, 3.63) is 24.0 Å². The highest BCUT2D eigenvalue weighted by atomic mass is 16.6. The van der Waals surface area contributed by atoms with E-state index in [1.54, 1.807) is 11.1 Å². The number of aromatic nitrogens is 1. The first-order chi connectivity index (χ1) is 9.35. The zero-order chi connectivity index (χ0) is 14.8. The van der Waals surface area contributed by atoms with E-state index in [1.807, 2.05) is 39.8 Å². The van der Waals surface area contributed by atoms with Gasteiger partial charge in [-0.05, 0) is 46.2 Å². The minimum Gasteiger partial charge on any atom is -0.444 e. The number of rotatable bonds is 2. The zero-order valence-corrected chi connectivity index (χ0v) is 12.6. The summed E-state index contributed by atoms with van der Waals surface area (Å²) in [4.78, 5) is 18.0. The van der Waals surface area contributed by atoms with Crippen LogP contribution in [0.3, 0.4) is 0 Å². The van der Waals surface area contributed by atoms with Gasteiger partial charge in [-0.3, -0.25) is 4.98 Å². The van der Waals surface area contributed by atoms with Crippen LogP contribution >= 0.6 is 0 Å². The van der Waals surface area contributed by atoms with Crippen LogP contribution in [0.15, 0.2) is 18.3 Å². The SMILES string of the molecule is Cc1ncccc1NC1CCN(C(=O)OC(C)(C)C)C1. The molecular formula is C15H23N3O2. The minimum absolute atomic E-state index is 0.232. The molecule has 1 amide bonds. The maximum atomic E-state index is 12.0. The van der Waals surface area contributed by atoms with Crippen molar-refractivity contribution in [2.45, 2.75) is 45.8 Å². The summed E-state index contributed by atoms with van der Waals surface area (Å²) in [5, 5.41) is 3.44. The molecule has 5 nitrogen and oxygen atoms in total. The van der Waals surface area contributed by atoms with Crippen molar-refractivity contribution < 1.29 is 9.53 Å². The third-order valence-electron chi connectivity index (χ3n) is 3.21. The Balaban J connectivity index is 1.90. The third-order valence-corrected chi connectivity index (χ3v) is 3.21. The standard InChI is InChI=1S/C15H23N3O2/c1-11-13(6-5-8-16-11)17-12-7-9-18(10-12)14(19)20-15(2,3)4/h5-6,8,12,17H,7,9-10H2,1-4H3. The number of carbonyl (C=O) groups excluding carboxylic acids is 1. The van der Waals surface area contributed by atoms with Gasteiger partial charge in [-0.25, -0.2) is 4.79 Å². The molecule has 0 aromatic carbocycles. The van der Waals surface area contributed by atoms with Crippen LogP contribution < -0.4 is 5.32 Å². The van der Waals surface area contributed by atoms with Crippen molar-refractivity contribution in [2.75, 3.05) is 18.4 Å². The van der Waals surface area contributed by atoms with E-state index in [4.69, 9.17) is 4.74 Å². The molecule has 1 fully saturated rings. The third kappa shape index (κ3) is 3.85. The molecule has 0 saturated carbocycles. The van der Waals surface area contributed by atoms with Crippen LogP contribution in [0.2, 0.25) is 0 Å². The molecule has 1 unspecified atom stereocenters. The lowest BCUT2D eigenvalue weighted by atomic mass is 10.2. The lowest BCUT2D eigenvalue weighted by molar-refractivity contribution is 0.0293. The highest BCUT2D eigenvalue weighted by Crippen LogP contribution is 2.19. The Kier molecular flexibility index (Phi) is 4.16. The van der Waals surface area contributed by atoms with Crippen LogP contribution in [0.25, 0.3) is 0 Å². The van der Waals surface area contributed by atoms with Crippen LogP contribution in [0, 0.1) is 6.92 Å². The molecule has 1 N–H and O–H groups in total. The number of nitrogens with one attached hydrogen (secondary N) is 1. The Hall–Kier alpha value is -1.78. The molecule has 1 aromatic rings. The molecule has 110 valence electrons. The van der Waals surface area contributed by atoms with E-state index in [2.05, 4.69) is 10.3 Å². The fourth-order valence-electron chi connectivity index (χ4n) is 2.23. The van der Waals surface area contributed by atoms with E-state index in [0.717, 1.165) is 24.3 Å². The number of anilines is 1. The minimum atomic E-state index is -0.442. The average molecular weight is 277 g/mol. The van der Waals surface area contributed by atoms with E-state index in [-0.39, 0.29) is 12.1 Å². The Morgan fingerprint density at radius 3 is 2.90 bits per heavy atom. The van der Waals surface area contributed by atoms with Gasteiger partial charge in [-0.15, -0.1) is 0 Å². The number of nitrogens with zero attached hydrogens (tertiary/aromatic N) is 2. The molecule has 0 radical (unpaired) electrons. The van der Waals surface area contributed by atoms with Crippen molar-refractivity contribution in [3.63, 3.8) is 0 Å². The summed E-state index contributed by atoms with van der Waals surface area (Å²) in [6, 6.07) is 4.18. The molecule has 5 heteroatoms. The quantitative estimate of drug-likeness (QED) is 0.903. The van der Waals surface area contributed by atoms with Crippen molar-refractivity contribution in [1.82, 2.24) is 9.88 Å². The molecule has 0 spiro atoms. The summed E-state index contributed by atoms with van der Waals surface area (Å²) >= 11 is 0. The smallest absolute Gasteiger partial charge is 0.410 e. The number of carbonyl (C=O) groups is 1. The van der Waals surface area contributed by atoms with E-state index in [1.165, 1.54) is 0 Å². The number of ether oxygens (including phenoxy) is 1. The molecule has 1 aromatic heterocycles. The highest BCUT2D eigenvalue weighted by molar-refractivity contribution is 5.68. The number of hydrogen-bond donors (Lipinski definition) is 1. The fourth-order valence-corrected chi connectivity index (χ4v) is 2.23. The topological polar surface area (TPSA) is 54.5 Å². The van der Waals surface area contributed by atoms with Gasteiger partial charge in [0.25, 0.3) is 0 Å². The van der Waals surface area contributed by atoms with Crippen LogP contribution in [0.1, 0.15) is 32.9 Å². The zero-order valence-electron chi connectivity index (χ0n) is 12.6. The van der Waals surface area contributed by atoms with Crippen LogP contribution in [0.4, 0.5) is 10.5 Å². The van der Waals surface area contributed by atoms with Gasteiger partial charge in [0.2, 0.25) is 0 Å². The predicted molar refractivity (Wildman–Crippen MR) is 78.8 cm³/mol. The maximum Gasteiger partial charge on any atom is 0.410 e. The van der Waals surface area contributed by atoms with Crippen molar-refractivity contribution in [2.24, 2.45) is 0 Å². The van der Waals surface area contributed by atoms with Gasteiger partial charge in [0.15, 0.2) is 0 Å². The number of pyridine rings is 1. The predicted octanol–water partition coefficient (Wildman–Crippen LogP) is 2.81. The van der Waals surface area contributed by atoms with Gasteiger partial charge >= 0.3 is 6.09 Å². The fraction of sp³-hybridized carbons (Fsp3) is 0.600. The molecule has 1 aliphatic rings. The van der Waals surface area contributed by atoms with E-state index in [0.29, 0.717) is 6.54 Å². The Bertz CT molecular complexity index is 482. The van der Waals surface area contributed by atoms with Crippen LogP contribution in [0.5, 0.6) is 0 Å². The van der Waals surface area contributed by atoms with Gasteiger partial charge in [-0.1, -0.05) is 0 Å². The highest BCUT2D eigenvalue weighted by Gasteiger charge is 2.29. The van der Waals surface area contributed by atoms with E-state index in [9.17, 15) is 4.79 Å². The van der Waals surface area contributed by atoms with Gasteiger partial charge in [-0.2, -0.15) is 0 Å². The van der Waals surface area contributed by atoms with E-state index >= 15 is 0 Å². The lowest BCUT2D eigenvalue weighted by Crippen LogP contribution is -2.36. The second kappa shape index (κ2) is 5.69. The number of hydrogen-bond acceptors (Lipinski definition) is 4. The molecule has 2 rings (SSSR count). The molecule has 0 aliphatic carbocycles. The Labute approximate surface area is 120 Å². The molecule has 20 heavy (non-hydrogen) atoms. The monoisotopic (exact) mass is 277 g/mol. The van der Waals surface area contributed by atoms with Gasteiger partial charge in [0.1, 0.15) is 5.60 Å². The molecule has 1 aliphatic heterocycles. The Morgan fingerprint density at radius 2 is 2.25 bits per heavy atom. The summed E-state index contributed by atoms with van der Waals surface area (Å²) < 4.78 is 5.39. The summed E-state index contributed by atoms with van der Waals surface area (Å²) in [5.74, 6) is 0. The normalized spacial score (nSPS) is 19.0. The number of likely N-dealkylation sites (tertiary alicyclic amines) is 1. The number of aryl methyl sites for hydroxylation is 1. The van der Waals surface area contributed by atoms with Gasteiger partial charge in [0.05, 0.1) is 11.4 Å². The van der Waals surface area contributed by atoms with Crippen LogP contribution in [-0.2, 0) is 4.74 Å². The molecule has 0 bridgehead atoms. The Morgan fingerprint density at radius 1 is 1.50 bits per heavy atom. The molecular weight excluding hydrogens is 254 g/mol. The van der Waals surface area contributed by atoms with Crippen molar-refractivity contribution in [1.29, 1.82) is 0 Å². The lowest BCUT2D eigenvalue weighted by Gasteiger charge is -2.24. The summed E-state index contributed by atoms with van der Waals surface area (Å²) in [5.41, 5.74) is 1.56. The molecule has 1 atom stereocenters. The first-order valence-corrected chi connectivity index (χ1v) is 7.01. The molecule has 2 heterocycles. The summed E-state index contributed by atoms with van der Waals surface area (Å²) in [6.07, 6.45) is 2.47. The second-order valence-electron chi connectivity index (χ2n) is 6.19. The maximum absolute atomic E-state index is 12.0. The van der Waals surface area contributed by atoms with Crippen LogP contribution in [-0.4, -0.2) is 40.7 Å². The largest absolute Gasteiger partial charge is 0.444 e. The second-order valence-corrected chi connectivity index (χ2v) is 6.19. The van der Waals surface area contributed by atoms with Crippen molar-refractivity contribution in [3.8, 4) is 0 Å². The van der Waals surface area contributed by atoms with E-state index < -0.39 is 5.60 Å². The number of amides is 1. The molecule has 1 saturated heterocycles. The first kappa shape index (κ1) is 14.6. The summed E-state index contributed by atoms with van der Waals surface area (Å²) in [7, 11) is 0. The first-order valence-electron chi connectivity index (χ1n) is 7.01.